The van der Waals surface area contributed by atoms with E-state index in [-0.39, 0.29) is 0 Å². The van der Waals surface area contributed by atoms with Crippen molar-refractivity contribution in [3.8, 4) is 0 Å². The van der Waals surface area contributed by atoms with E-state index in [2.05, 4.69) is 60.7 Å². The third kappa shape index (κ3) is 4.69. The molecule has 1 heterocycles. The molecule has 0 aromatic heterocycles. The fourth-order valence-electron chi connectivity index (χ4n) is 3.46. The van der Waals surface area contributed by atoms with Gasteiger partial charge in [0.2, 0.25) is 0 Å². The third-order valence-electron chi connectivity index (χ3n) is 4.80. The van der Waals surface area contributed by atoms with E-state index in [0.717, 1.165) is 0 Å². The van der Waals surface area contributed by atoms with Crippen LogP contribution in [0.2, 0.25) is 0 Å². The van der Waals surface area contributed by atoms with Crippen molar-refractivity contribution in [1.82, 2.24) is 0 Å². The number of rotatable bonds is 6. The molecule has 2 aromatic rings. The lowest BCUT2D eigenvalue weighted by Gasteiger charge is -2.29. The molecule has 3 rings (SSSR count). The number of nitrogens with one attached hydrogen (secondary N) is 2. The van der Waals surface area contributed by atoms with Crippen LogP contribution in [0, 0.1) is 0 Å². The lowest BCUT2D eigenvalue weighted by molar-refractivity contribution is -1.02. The van der Waals surface area contributed by atoms with Gasteiger partial charge in [-0.1, -0.05) is 60.7 Å². The number of hydrogen-bond acceptors (Lipinski definition) is 0. The monoisotopic (exact) mass is 296 g/mol. The first kappa shape index (κ1) is 15.3. The Kier molecular flexibility index (Phi) is 5.63. The van der Waals surface area contributed by atoms with Crippen molar-refractivity contribution in [3.05, 3.63) is 71.8 Å². The first-order valence-electron chi connectivity index (χ1n) is 8.65. The van der Waals surface area contributed by atoms with Crippen LogP contribution < -0.4 is 9.80 Å². The molecule has 0 aliphatic carbocycles. The van der Waals surface area contributed by atoms with E-state index in [4.69, 9.17) is 0 Å². The smallest absolute Gasteiger partial charge is 0.127 e. The molecule has 2 heteroatoms. The van der Waals surface area contributed by atoms with Gasteiger partial charge in [0.05, 0.1) is 6.54 Å². The van der Waals surface area contributed by atoms with E-state index in [1.165, 1.54) is 63.2 Å². The Labute approximate surface area is 134 Å². The minimum absolute atomic E-state index is 1.19. The number of piperazine rings is 1. The quantitative estimate of drug-likeness (QED) is 0.773. The third-order valence-corrected chi connectivity index (χ3v) is 4.80. The van der Waals surface area contributed by atoms with E-state index in [1.807, 2.05) is 0 Å². The minimum atomic E-state index is 1.19. The Morgan fingerprint density at radius 3 is 1.82 bits per heavy atom. The van der Waals surface area contributed by atoms with Crippen LogP contribution in [0.15, 0.2) is 60.7 Å². The maximum absolute atomic E-state index is 2.26. The van der Waals surface area contributed by atoms with Crippen LogP contribution in [0.1, 0.15) is 17.5 Å². The summed E-state index contributed by atoms with van der Waals surface area (Å²) in [4.78, 5) is 3.55. The second kappa shape index (κ2) is 8.11. The zero-order valence-electron chi connectivity index (χ0n) is 13.4. The molecule has 2 aromatic carbocycles. The maximum atomic E-state index is 2.26. The van der Waals surface area contributed by atoms with E-state index >= 15 is 0 Å². The predicted molar refractivity (Wildman–Crippen MR) is 91.2 cm³/mol. The van der Waals surface area contributed by atoms with Crippen LogP contribution in [-0.4, -0.2) is 32.7 Å². The highest BCUT2D eigenvalue weighted by molar-refractivity contribution is 5.14. The molecular formula is C20H28N2+2. The van der Waals surface area contributed by atoms with Crippen LogP contribution >= 0.6 is 0 Å². The standard InChI is InChI=1S/C20H26N2/c1-3-8-19(9-4-1)12-7-13-21-14-16-22(17-15-21)18-20-10-5-2-6-11-20/h1-6,8-11H,7,12-18H2/p+2. The highest BCUT2D eigenvalue weighted by Gasteiger charge is 2.22. The van der Waals surface area contributed by atoms with Gasteiger partial charge in [-0.3, -0.25) is 0 Å². The van der Waals surface area contributed by atoms with E-state index in [1.54, 1.807) is 9.80 Å². The lowest BCUT2D eigenvalue weighted by atomic mass is 10.1. The summed E-state index contributed by atoms with van der Waals surface area (Å²) in [5.74, 6) is 0. The van der Waals surface area contributed by atoms with E-state index < -0.39 is 0 Å². The largest absolute Gasteiger partial charge is 0.326 e. The van der Waals surface area contributed by atoms with Gasteiger partial charge in [0.25, 0.3) is 0 Å². The van der Waals surface area contributed by atoms with Crippen molar-refractivity contribution in [1.29, 1.82) is 0 Å². The van der Waals surface area contributed by atoms with Crippen LogP contribution in [0.4, 0.5) is 0 Å². The molecule has 0 spiro atoms. The molecule has 0 unspecified atom stereocenters. The molecule has 0 amide bonds. The predicted octanol–water partition coefficient (Wildman–Crippen LogP) is 0.603. The van der Waals surface area contributed by atoms with Crippen molar-refractivity contribution in [3.63, 3.8) is 0 Å². The molecule has 0 radical (unpaired) electrons. The molecule has 0 bridgehead atoms. The summed E-state index contributed by atoms with van der Waals surface area (Å²) in [5, 5.41) is 0. The van der Waals surface area contributed by atoms with Crippen molar-refractivity contribution in [2.75, 3.05) is 32.7 Å². The summed E-state index contributed by atoms with van der Waals surface area (Å²) in [5.41, 5.74) is 2.96. The van der Waals surface area contributed by atoms with Crippen LogP contribution in [-0.2, 0) is 13.0 Å². The van der Waals surface area contributed by atoms with Crippen LogP contribution in [0.5, 0.6) is 0 Å². The Bertz CT molecular complexity index is 530. The average molecular weight is 296 g/mol. The summed E-state index contributed by atoms with van der Waals surface area (Å²) < 4.78 is 0. The number of aryl methyl sites for hydroxylation is 1. The van der Waals surface area contributed by atoms with E-state index in [9.17, 15) is 0 Å². The second-order valence-corrected chi connectivity index (χ2v) is 6.50. The highest BCUT2D eigenvalue weighted by atomic mass is 15.3. The van der Waals surface area contributed by atoms with Gasteiger partial charge in [-0.15, -0.1) is 0 Å². The minimum Gasteiger partial charge on any atom is -0.326 e. The molecule has 1 aliphatic rings. The van der Waals surface area contributed by atoms with Gasteiger partial charge >= 0.3 is 0 Å². The Morgan fingerprint density at radius 2 is 1.18 bits per heavy atom. The molecule has 2 nitrogen and oxygen atoms in total. The Hall–Kier alpha value is -1.64. The number of hydrogen-bond donors (Lipinski definition) is 2. The molecule has 0 saturated carbocycles. The van der Waals surface area contributed by atoms with Gasteiger partial charge in [0.1, 0.15) is 32.7 Å². The topological polar surface area (TPSA) is 8.88 Å². The van der Waals surface area contributed by atoms with Gasteiger partial charge in [-0.2, -0.15) is 0 Å². The average Bonchev–Trinajstić information content (AvgIpc) is 2.58. The van der Waals surface area contributed by atoms with Crippen molar-refractivity contribution in [2.45, 2.75) is 19.4 Å². The number of quaternary nitrogens is 2. The maximum Gasteiger partial charge on any atom is 0.127 e. The highest BCUT2D eigenvalue weighted by Crippen LogP contribution is 2.00. The van der Waals surface area contributed by atoms with Crippen molar-refractivity contribution >= 4 is 0 Å². The van der Waals surface area contributed by atoms with Gasteiger partial charge in [0.15, 0.2) is 0 Å². The van der Waals surface area contributed by atoms with Gasteiger partial charge in [-0.25, -0.2) is 0 Å². The zero-order chi connectivity index (χ0) is 15.0. The molecule has 2 N–H and O–H groups in total. The molecule has 22 heavy (non-hydrogen) atoms. The molecular weight excluding hydrogens is 268 g/mol. The molecule has 1 saturated heterocycles. The van der Waals surface area contributed by atoms with Gasteiger partial charge in [-0.05, 0) is 12.0 Å². The van der Waals surface area contributed by atoms with E-state index in [0.29, 0.717) is 0 Å². The normalized spacial score (nSPS) is 21.6. The second-order valence-electron chi connectivity index (χ2n) is 6.50. The fourth-order valence-corrected chi connectivity index (χ4v) is 3.46. The zero-order valence-corrected chi connectivity index (χ0v) is 13.4. The van der Waals surface area contributed by atoms with Crippen LogP contribution in [0.25, 0.3) is 0 Å². The van der Waals surface area contributed by atoms with Crippen molar-refractivity contribution < 1.29 is 9.80 Å². The molecule has 1 fully saturated rings. The molecule has 1 aliphatic heterocycles. The van der Waals surface area contributed by atoms with Gasteiger partial charge < -0.3 is 9.80 Å². The first-order chi connectivity index (χ1) is 10.9. The molecule has 116 valence electrons. The van der Waals surface area contributed by atoms with Crippen molar-refractivity contribution in [2.24, 2.45) is 0 Å². The fraction of sp³-hybridized carbons (Fsp3) is 0.400. The molecule has 0 atom stereocenters. The Balaban J connectivity index is 1.35. The Morgan fingerprint density at radius 1 is 0.636 bits per heavy atom. The summed E-state index contributed by atoms with van der Waals surface area (Å²) in [6.45, 7) is 7.81. The summed E-state index contributed by atoms with van der Waals surface area (Å²) >= 11 is 0. The SMILES string of the molecule is c1ccc(CCC[NH+]2CC[NH+](Cc3ccccc3)CC2)cc1. The summed E-state index contributed by atoms with van der Waals surface area (Å²) in [6.07, 6.45) is 2.54. The first-order valence-corrected chi connectivity index (χ1v) is 8.65. The van der Waals surface area contributed by atoms with Gasteiger partial charge in [0, 0.05) is 12.0 Å². The summed E-state index contributed by atoms with van der Waals surface area (Å²) in [7, 11) is 0. The van der Waals surface area contributed by atoms with Crippen LogP contribution in [0.3, 0.4) is 0 Å². The lowest BCUT2D eigenvalue weighted by Crippen LogP contribution is -3.27. The number of benzene rings is 2. The summed E-state index contributed by atoms with van der Waals surface area (Å²) in [6, 6.07) is 21.8.